The summed E-state index contributed by atoms with van der Waals surface area (Å²) >= 11 is 0. The molecule has 1 aromatic rings. The molecule has 82 valence electrons. The second-order valence-electron chi connectivity index (χ2n) is 3.32. The molecule has 3 nitrogen and oxygen atoms in total. The van der Waals surface area contributed by atoms with Crippen molar-refractivity contribution in [2.45, 2.75) is 19.9 Å². The molecule has 0 aromatic heterocycles. The SMILES string of the molecule is CCOC(=O)CN[C@H](C)c1ccccc1. The van der Waals surface area contributed by atoms with Crippen molar-refractivity contribution < 1.29 is 9.53 Å². The summed E-state index contributed by atoms with van der Waals surface area (Å²) in [6.45, 7) is 4.51. The number of ether oxygens (including phenoxy) is 1. The van der Waals surface area contributed by atoms with Crippen LogP contribution in [-0.4, -0.2) is 19.1 Å². The maximum atomic E-state index is 11.1. The van der Waals surface area contributed by atoms with Crippen LogP contribution >= 0.6 is 0 Å². The van der Waals surface area contributed by atoms with Crippen molar-refractivity contribution in [3.63, 3.8) is 0 Å². The van der Waals surface area contributed by atoms with Gasteiger partial charge in [-0.15, -0.1) is 0 Å². The molecule has 0 fully saturated rings. The first-order valence-electron chi connectivity index (χ1n) is 5.18. The third-order valence-corrected chi connectivity index (χ3v) is 2.16. The predicted molar refractivity (Wildman–Crippen MR) is 59.5 cm³/mol. The van der Waals surface area contributed by atoms with E-state index in [0.717, 1.165) is 0 Å². The lowest BCUT2D eigenvalue weighted by atomic mass is 10.1. The van der Waals surface area contributed by atoms with Gasteiger partial charge in [-0.25, -0.2) is 0 Å². The second-order valence-corrected chi connectivity index (χ2v) is 3.32. The van der Waals surface area contributed by atoms with Gasteiger partial charge < -0.3 is 10.1 Å². The summed E-state index contributed by atoms with van der Waals surface area (Å²) in [6.07, 6.45) is 0. The number of rotatable bonds is 5. The Labute approximate surface area is 90.4 Å². The molecule has 0 unspecified atom stereocenters. The number of hydrogen-bond acceptors (Lipinski definition) is 3. The van der Waals surface area contributed by atoms with Crippen LogP contribution in [-0.2, 0) is 9.53 Å². The predicted octanol–water partition coefficient (Wildman–Crippen LogP) is 1.90. The zero-order valence-corrected chi connectivity index (χ0v) is 9.19. The van der Waals surface area contributed by atoms with Crippen LogP contribution in [0, 0.1) is 0 Å². The van der Waals surface area contributed by atoms with E-state index >= 15 is 0 Å². The van der Waals surface area contributed by atoms with Gasteiger partial charge in [-0.1, -0.05) is 30.3 Å². The second kappa shape index (κ2) is 6.19. The molecule has 0 amide bonds. The van der Waals surface area contributed by atoms with Gasteiger partial charge in [0.2, 0.25) is 0 Å². The molecule has 1 N–H and O–H groups in total. The molecule has 1 aromatic carbocycles. The Hall–Kier alpha value is -1.35. The first-order valence-corrected chi connectivity index (χ1v) is 5.18. The largest absolute Gasteiger partial charge is 0.465 e. The molecule has 0 saturated carbocycles. The molecule has 1 rings (SSSR count). The van der Waals surface area contributed by atoms with Gasteiger partial charge in [-0.3, -0.25) is 4.79 Å². The van der Waals surface area contributed by atoms with E-state index < -0.39 is 0 Å². The highest BCUT2D eigenvalue weighted by Crippen LogP contribution is 2.10. The molecule has 3 heteroatoms. The first-order chi connectivity index (χ1) is 7.24. The minimum Gasteiger partial charge on any atom is -0.465 e. The van der Waals surface area contributed by atoms with E-state index in [9.17, 15) is 4.79 Å². The normalized spacial score (nSPS) is 12.1. The van der Waals surface area contributed by atoms with Gasteiger partial charge in [0.15, 0.2) is 0 Å². The van der Waals surface area contributed by atoms with Gasteiger partial charge >= 0.3 is 5.97 Å². The highest BCUT2D eigenvalue weighted by Gasteiger charge is 2.06. The van der Waals surface area contributed by atoms with Crippen LogP contribution in [0.3, 0.4) is 0 Å². The summed E-state index contributed by atoms with van der Waals surface area (Å²) < 4.78 is 4.83. The molecule has 0 aliphatic rings. The lowest BCUT2D eigenvalue weighted by Crippen LogP contribution is -2.27. The maximum absolute atomic E-state index is 11.1. The summed E-state index contributed by atoms with van der Waals surface area (Å²) in [7, 11) is 0. The fourth-order valence-corrected chi connectivity index (χ4v) is 1.31. The maximum Gasteiger partial charge on any atom is 0.319 e. The lowest BCUT2D eigenvalue weighted by molar-refractivity contribution is -0.142. The number of hydrogen-bond donors (Lipinski definition) is 1. The van der Waals surface area contributed by atoms with Crippen molar-refractivity contribution >= 4 is 5.97 Å². The third kappa shape index (κ3) is 4.13. The molecule has 15 heavy (non-hydrogen) atoms. The summed E-state index contributed by atoms with van der Waals surface area (Å²) in [5.74, 6) is -0.208. The summed E-state index contributed by atoms with van der Waals surface area (Å²) in [5.41, 5.74) is 1.17. The molecule has 0 saturated heterocycles. The van der Waals surface area contributed by atoms with Gasteiger partial charge in [-0.2, -0.15) is 0 Å². The van der Waals surface area contributed by atoms with E-state index in [4.69, 9.17) is 4.74 Å². The summed E-state index contributed by atoms with van der Waals surface area (Å²) in [6, 6.07) is 10.2. The fourth-order valence-electron chi connectivity index (χ4n) is 1.31. The molecule has 0 bridgehead atoms. The number of carbonyl (C=O) groups is 1. The number of benzene rings is 1. The Balaban J connectivity index is 2.37. The van der Waals surface area contributed by atoms with Gasteiger partial charge in [0, 0.05) is 6.04 Å². The zero-order valence-electron chi connectivity index (χ0n) is 9.19. The smallest absolute Gasteiger partial charge is 0.319 e. The topological polar surface area (TPSA) is 38.3 Å². The van der Waals surface area contributed by atoms with E-state index in [2.05, 4.69) is 5.32 Å². The molecular formula is C12H17NO2. The van der Waals surface area contributed by atoms with Crippen LogP contribution in [0.15, 0.2) is 30.3 Å². The summed E-state index contributed by atoms with van der Waals surface area (Å²) in [4.78, 5) is 11.1. The van der Waals surface area contributed by atoms with Crippen LogP contribution in [0.25, 0.3) is 0 Å². The quantitative estimate of drug-likeness (QED) is 0.749. The van der Waals surface area contributed by atoms with Gasteiger partial charge in [0.05, 0.1) is 13.2 Å². The van der Waals surface area contributed by atoms with E-state index in [1.807, 2.05) is 37.3 Å². The number of nitrogens with one attached hydrogen (secondary N) is 1. The van der Waals surface area contributed by atoms with E-state index in [1.54, 1.807) is 6.92 Å². The van der Waals surface area contributed by atoms with Gasteiger partial charge in [0.25, 0.3) is 0 Å². The number of carbonyl (C=O) groups excluding carboxylic acids is 1. The van der Waals surface area contributed by atoms with Crippen molar-refractivity contribution in [1.82, 2.24) is 5.32 Å². The molecule has 0 heterocycles. The Morgan fingerprint density at radius 1 is 1.40 bits per heavy atom. The van der Waals surface area contributed by atoms with Crippen LogP contribution in [0.2, 0.25) is 0 Å². The molecule has 0 spiro atoms. The van der Waals surface area contributed by atoms with E-state index in [0.29, 0.717) is 6.61 Å². The van der Waals surface area contributed by atoms with Crippen LogP contribution < -0.4 is 5.32 Å². The van der Waals surface area contributed by atoms with Crippen LogP contribution in [0.5, 0.6) is 0 Å². The van der Waals surface area contributed by atoms with Crippen LogP contribution in [0.1, 0.15) is 25.5 Å². The minimum atomic E-state index is -0.208. The average molecular weight is 207 g/mol. The van der Waals surface area contributed by atoms with E-state index in [1.165, 1.54) is 5.56 Å². The molecule has 1 atom stereocenters. The van der Waals surface area contributed by atoms with Crippen molar-refractivity contribution in [2.75, 3.05) is 13.2 Å². The molecular weight excluding hydrogens is 190 g/mol. The Bertz CT molecular complexity index is 298. The third-order valence-electron chi connectivity index (χ3n) is 2.16. The average Bonchev–Trinajstić information content (AvgIpc) is 2.27. The van der Waals surface area contributed by atoms with Gasteiger partial charge in [-0.05, 0) is 19.4 Å². The molecule has 0 aliphatic heterocycles. The summed E-state index contributed by atoms with van der Waals surface area (Å²) in [5, 5.41) is 3.11. The van der Waals surface area contributed by atoms with Crippen molar-refractivity contribution in [1.29, 1.82) is 0 Å². The highest BCUT2D eigenvalue weighted by molar-refractivity contribution is 5.71. The van der Waals surface area contributed by atoms with Crippen LogP contribution in [0.4, 0.5) is 0 Å². The monoisotopic (exact) mass is 207 g/mol. The lowest BCUT2D eigenvalue weighted by Gasteiger charge is -2.13. The number of esters is 1. The first kappa shape index (κ1) is 11.7. The Kier molecular flexibility index (Phi) is 4.84. The van der Waals surface area contributed by atoms with Gasteiger partial charge in [0.1, 0.15) is 0 Å². The van der Waals surface area contributed by atoms with Crippen molar-refractivity contribution in [2.24, 2.45) is 0 Å². The molecule has 0 aliphatic carbocycles. The van der Waals surface area contributed by atoms with E-state index in [-0.39, 0.29) is 18.6 Å². The van der Waals surface area contributed by atoms with Crippen molar-refractivity contribution in [3.05, 3.63) is 35.9 Å². The minimum absolute atomic E-state index is 0.163. The Morgan fingerprint density at radius 3 is 2.67 bits per heavy atom. The van der Waals surface area contributed by atoms with Crippen molar-refractivity contribution in [3.8, 4) is 0 Å². The highest BCUT2D eigenvalue weighted by atomic mass is 16.5. The fraction of sp³-hybridized carbons (Fsp3) is 0.417. The Morgan fingerprint density at radius 2 is 2.07 bits per heavy atom. The standard InChI is InChI=1S/C12H17NO2/c1-3-15-12(14)9-13-10(2)11-7-5-4-6-8-11/h4-8,10,13H,3,9H2,1-2H3/t10-/m1/s1. The molecule has 0 radical (unpaired) electrons. The zero-order chi connectivity index (χ0) is 11.1.